The molecule has 1 saturated heterocycles. The van der Waals surface area contributed by atoms with Gasteiger partial charge >= 0.3 is 0 Å². The molecule has 3 heterocycles. The average Bonchev–Trinajstić information content (AvgIpc) is 3.30. The van der Waals surface area contributed by atoms with Crippen LogP contribution in [0.3, 0.4) is 0 Å². The van der Waals surface area contributed by atoms with E-state index in [0.29, 0.717) is 41.4 Å². The Labute approximate surface area is 215 Å². The number of para-hydroxylation sites is 1. The number of benzene rings is 2. The number of nitrogens with two attached hydrogens (primary N) is 1. The van der Waals surface area contributed by atoms with Crippen LogP contribution in [-0.2, 0) is 9.59 Å². The van der Waals surface area contributed by atoms with Crippen LogP contribution in [0.5, 0.6) is 11.5 Å². The lowest BCUT2D eigenvalue weighted by molar-refractivity contribution is -0.146. The van der Waals surface area contributed by atoms with Gasteiger partial charge in [0.15, 0.2) is 5.65 Å². The summed E-state index contributed by atoms with van der Waals surface area (Å²) >= 11 is 0. The Morgan fingerprint density at radius 2 is 1.78 bits per heavy atom. The van der Waals surface area contributed by atoms with Gasteiger partial charge in [-0.3, -0.25) is 9.59 Å². The Morgan fingerprint density at radius 1 is 1.05 bits per heavy atom. The van der Waals surface area contributed by atoms with Gasteiger partial charge in [0.05, 0.1) is 11.4 Å². The number of ether oxygens (including phenoxy) is 1. The van der Waals surface area contributed by atoms with Gasteiger partial charge in [0, 0.05) is 25.1 Å². The maximum Gasteiger partial charge on any atom is 0.290 e. The summed E-state index contributed by atoms with van der Waals surface area (Å²) in [5, 5.41) is 5.58. The highest BCUT2D eigenvalue weighted by Crippen LogP contribution is 2.35. The molecule has 0 spiro atoms. The largest absolute Gasteiger partial charge is 0.457 e. The molecule has 0 radical (unpaired) electrons. The lowest BCUT2D eigenvalue weighted by Gasteiger charge is -2.32. The number of piperidine rings is 1. The zero-order chi connectivity index (χ0) is 25.9. The molecular weight excluding hydrogens is 468 g/mol. The van der Waals surface area contributed by atoms with Crippen molar-refractivity contribution in [3.63, 3.8) is 0 Å². The summed E-state index contributed by atoms with van der Waals surface area (Å²) in [5.74, 6) is 1.18. The number of amides is 1. The molecule has 0 saturated carbocycles. The first-order valence-corrected chi connectivity index (χ1v) is 12.5. The van der Waals surface area contributed by atoms with Crippen molar-refractivity contribution in [2.45, 2.75) is 39.2 Å². The quantitative estimate of drug-likeness (QED) is 0.369. The number of carbonyl (C=O) groups excluding carboxylic acids is 2. The molecule has 9 nitrogen and oxygen atoms in total. The Balaban J connectivity index is 1.44. The van der Waals surface area contributed by atoms with Crippen LogP contribution in [0, 0.1) is 5.92 Å². The molecule has 2 aromatic heterocycles. The van der Waals surface area contributed by atoms with Gasteiger partial charge in [0.2, 0.25) is 5.78 Å². The second kappa shape index (κ2) is 10.4. The third-order valence-electron chi connectivity index (χ3n) is 6.49. The van der Waals surface area contributed by atoms with E-state index in [0.717, 1.165) is 24.2 Å². The van der Waals surface area contributed by atoms with Crippen LogP contribution in [0.2, 0.25) is 0 Å². The summed E-state index contributed by atoms with van der Waals surface area (Å²) < 4.78 is 7.75. The molecule has 1 amide bonds. The smallest absolute Gasteiger partial charge is 0.290 e. The highest BCUT2D eigenvalue weighted by Gasteiger charge is 2.31. The Morgan fingerprint density at radius 3 is 2.51 bits per heavy atom. The second-order valence-corrected chi connectivity index (χ2v) is 9.76. The first-order valence-electron chi connectivity index (χ1n) is 12.5. The van der Waals surface area contributed by atoms with Crippen molar-refractivity contribution in [3.05, 3.63) is 60.9 Å². The number of rotatable bonds is 7. The summed E-state index contributed by atoms with van der Waals surface area (Å²) in [6.07, 6.45) is 3.26. The fraction of sp³-hybridized carbons (Fsp3) is 0.321. The van der Waals surface area contributed by atoms with Crippen molar-refractivity contribution < 1.29 is 14.3 Å². The number of Topliss-reactive ketones (excluding diaryl/α,β-unsaturated/α-hetero) is 1. The van der Waals surface area contributed by atoms with Crippen LogP contribution in [0.4, 0.5) is 5.82 Å². The zero-order valence-corrected chi connectivity index (χ0v) is 21.0. The first-order chi connectivity index (χ1) is 17.9. The molecule has 0 bridgehead atoms. The summed E-state index contributed by atoms with van der Waals surface area (Å²) in [6.45, 7) is 4.83. The van der Waals surface area contributed by atoms with Gasteiger partial charge in [-0.15, -0.1) is 0 Å². The number of anilines is 1. The maximum absolute atomic E-state index is 12.8. The minimum absolute atomic E-state index is 0.129. The molecule has 2 N–H and O–H groups in total. The number of fused-ring (bicyclic) bond motifs is 1. The van der Waals surface area contributed by atoms with Crippen molar-refractivity contribution in [2.75, 3.05) is 18.8 Å². The van der Waals surface area contributed by atoms with Crippen molar-refractivity contribution in [1.29, 1.82) is 0 Å². The Hall–Kier alpha value is -4.27. The molecule has 37 heavy (non-hydrogen) atoms. The number of likely N-dealkylation sites (tertiary alicyclic amines) is 1. The number of carbonyl (C=O) groups is 2. The number of nitrogen functional groups attached to an aromatic ring is 1. The number of hydrogen-bond donors (Lipinski definition) is 1. The topological polar surface area (TPSA) is 116 Å². The molecule has 0 unspecified atom stereocenters. The van der Waals surface area contributed by atoms with Gasteiger partial charge < -0.3 is 15.4 Å². The average molecular weight is 499 g/mol. The Kier molecular flexibility index (Phi) is 6.85. The number of nitrogens with zero attached hydrogens (tertiary/aromatic N) is 5. The standard InChI is InChI=1S/C28H30N6O3/c1-18(2)15-23(35)28(36)33-14-6-7-20(16-33)34-27-24(26(29)30-17-31-27)25(32-34)19-10-12-22(13-11-19)37-21-8-4-3-5-9-21/h3-5,8-13,17-18,20H,6-7,14-16H2,1-2H3,(H2,29,30,31)/t20-/m1/s1. The van der Waals surface area contributed by atoms with E-state index in [-0.39, 0.29) is 24.2 Å². The van der Waals surface area contributed by atoms with Crippen molar-refractivity contribution in [3.8, 4) is 22.8 Å². The van der Waals surface area contributed by atoms with E-state index in [4.69, 9.17) is 15.6 Å². The highest BCUT2D eigenvalue weighted by molar-refractivity contribution is 6.36. The van der Waals surface area contributed by atoms with Gasteiger partial charge in [-0.2, -0.15) is 5.10 Å². The third kappa shape index (κ3) is 5.16. The van der Waals surface area contributed by atoms with Crippen LogP contribution in [0.1, 0.15) is 39.2 Å². The number of aromatic nitrogens is 4. The Bertz CT molecular complexity index is 1420. The van der Waals surface area contributed by atoms with Gasteiger partial charge in [-0.25, -0.2) is 14.6 Å². The monoisotopic (exact) mass is 498 g/mol. The lowest BCUT2D eigenvalue weighted by Crippen LogP contribution is -2.44. The second-order valence-electron chi connectivity index (χ2n) is 9.76. The predicted octanol–water partition coefficient (Wildman–Crippen LogP) is 4.65. The van der Waals surface area contributed by atoms with Crippen molar-refractivity contribution in [2.24, 2.45) is 5.92 Å². The van der Waals surface area contributed by atoms with Crippen LogP contribution in [-0.4, -0.2) is 49.4 Å². The molecule has 4 aromatic rings. The summed E-state index contributed by atoms with van der Waals surface area (Å²) in [5.41, 5.74) is 8.42. The molecule has 1 aliphatic heterocycles. The normalized spacial score (nSPS) is 15.8. The minimum atomic E-state index is -0.418. The van der Waals surface area contributed by atoms with Crippen LogP contribution >= 0.6 is 0 Å². The van der Waals surface area contributed by atoms with E-state index in [1.165, 1.54) is 6.33 Å². The zero-order valence-electron chi connectivity index (χ0n) is 21.0. The van der Waals surface area contributed by atoms with E-state index in [1.54, 1.807) is 4.90 Å². The molecule has 1 fully saturated rings. The molecule has 1 atom stereocenters. The highest BCUT2D eigenvalue weighted by atomic mass is 16.5. The van der Waals surface area contributed by atoms with Gasteiger partial charge in [-0.1, -0.05) is 32.0 Å². The summed E-state index contributed by atoms with van der Waals surface area (Å²) in [7, 11) is 0. The third-order valence-corrected chi connectivity index (χ3v) is 6.49. The van der Waals surface area contributed by atoms with Crippen LogP contribution < -0.4 is 10.5 Å². The van der Waals surface area contributed by atoms with E-state index >= 15 is 0 Å². The molecule has 2 aromatic carbocycles. The minimum Gasteiger partial charge on any atom is -0.457 e. The van der Waals surface area contributed by atoms with Gasteiger partial charge in [0.1, 0.15) is 29.3 Å². The molecule has 0 aliphatic carbocycles. The maximum atomic E-state index is 12.8. The SMILES string of the molecule is CC(C)CC(=O)C(=O)N1CCC[C@@H](n2nc(-c3ccc(Oc4ccccc4)cc3)c3c(N)ncnc32)C1. The van der Waals surface area contributed by atoms with Gasteiger partial charge in [-0.05, 0) is 55.2 Å². The fourth-order valence-corrected chi connectivity index (χ4v) is 4.73. The van der Waals surface area contributed by atoms with E-state index in [2.05, 4.69) is 9.97 Å². The van der Waals surface area contributed by atoms with Crippen LogP contribution in [0.15, 0.2) is 60.9 Å². The molecular formula is C28H30N6O3. The molecule has 5 rings (SSSR count). The lowest BCUT2D eigenvalue weighted by atomic mass is 10.0. The molecule has 9 heteroatoms. The van der Waals surface area contributed by atoms with E-state index in [1.807, 2.05) is 73.1 Å². The number of hydrogen-bond acceptors (Lipinski definition) is 7. The molecule has 1 aliphatic rings. The van der Waals surface area contributed by atoms with Crippen molar-refractivity contribution >= 4 is 28.5 Å². The fourth-order valence-electron chi connectivity index (χ4n) is 4.73. The predicted molar refractivity (Wildman–Crippen MR) is 141 cm³/mol. The molecule has 190 valence electrons. The van der Waals surface area contributed by atoms with E-state index in [9.17, 15) is 9.59 Å². The van der Waals surface area contributed by atoms with Gasteiger partial charge in [0.25, 0.3) is 5.91 Å². The summed E-state index contributed by atoms with van der Waals surface area (Å²) in [4.78, 5) is 35.6. The number of ketones is 1. The van der Waals surface area contributed by atoms with E-state index < -0.39 is 5.91 Å². The van der Waals surface area contributed by atoms with Crippen molar-refractivity contribution in [1.82, 2.24) is 24.6 Å². The van der Waals surface area contributed by atoms with Crippen LogP contribution in [0.25, 0.3) is 22.3 Å². The first kappa shape index (κ1) is 24.4. The summed E-state index contributed by atoms with van der Waals surface area (Å²) in [6, 6.07) is 17.1.